The van der Waals surface area contributed by atoms with Gasteiger partial charge < -0.3 is 25.2 Å². The van der Waals surface area contributed by atoms with Crippen molar-refractivity contribution < 1.29 is 24.2 Å². The third kappa shape index (κ3) is 3.97. The van der Waals surface area contributed by atoms with E-state index >= 15 is 0 Å². The van der Waals surface area contributed by atoms with Gasteiger partial charge in [0.2, 0.25) is 0 Å². The standard InChI is InChI=1S/C22H19ClN4O5/c1-31-18-8-7-14(9-19(18)32-2)25-21(28)15-11-24-27-17(12-3-5-13(23)6-4-12)10-16(22(29)30)26-20(15)27/h3-11,17,26H,1-2H3,(H,25,28)(H,29,30). The van der Waals surface area contributed by atoms with E-state index in [1.54, 1.807) is 47.1 Å². The molecule has 4 rings (SSSR count). The highest BCUT2D eigenvalue weighted by atomic mass is 35.5. The van der Waals surface area contributed by atoms with Crippen molar-refractivity contribution in [2.75, 3.05) is 24.9 Å². The molecular weight excluding hydrogens is 436 g/mol. The molecule has 1 unspecified atom stereocenters. The highest BCUT2D eigenvalue weighted by Gasteiger charge is 2.29. The van der Waals surface area contributed by atoms with Gasteiger partial charge in [-0.05, 0) is 35.9 Å². The number of benzene rings is 2. The summed E-state index contributed by atoms with van der Waals surface area (Å²) in [5.41, 5.74) is 1.38. The Hall–Kier alpha value is -3.98. The third-order valence-electron chi connectivity index (χ3n) is 4.96. The number of anilines is 2. The van der Waals surface area contributed by atoms with Gasteiger partial charge in [0.1, 0.15) is 17.1 Å². The zero-order valence-corrected chi connectivity index (χ0v) is 17.9. The van der Waals surface area contributed by atoms with Crippen LogP contribution in [0.25, 0.3) is 0 Å². The van der Waals surface area contributed by atoms with Crippen LogP contribution in [-0.2, 0) is 4.79 Å². The number of carbonyl (C=O) groups excluding carboxylic acids is 1. The lowest BCUT2D eigenvalue weighted by Crippen LogP contribution is -2.25. The quantitative estimate of drug-likeness (QED) is 0.519. The molecule has 0 radical (unpaired) electrons. The molecular formula is C22H19ClN4O5. The molecule has 9 nitrogen and oxygen atoms in total. The fourth-order valence-corrected chi connectivity index (χ4v) is 3.52. The van der Waals surface area contributed by atoms with Gasteiger partial charge in [0.15, 0.2) is 11.5 Å². The van der Waals surface area contributed by atoms with Crippen LogP contribution in [0.3, 0.4) is 0 Å². The summed E-state index contributed by atoms with van der Waals surface area (Å²) in [6, 6.07) is 11.4. The smallest absolute Gasteiger partial charge is 0.352 e. The zero-order chi connectivity index (χ0) is 22.8. The molecule has 1 aliphatic heterocycles. The van der Waals surface area contributed by atoms with Crippen LogP contribution in [-0.4, -0.2) is 41.0 Å². The Labute approximate surface area is 188 Å². The number of nitrogens with zero attached hydrogens (tertiary/aromatic N) is 2. The van der Waals surface area contributed by atoms with Crippen LogP contribution >= 0.6 is 11.6 Å². The summed E-state index contributed by atoms with van der Waals surface area (Å²) >= 11 is 5.98. The summed E-state index contributed by atoms with van der Waals surface area (Å²) in [6.45, 7) is 0. The van der Waals surface area contributed by atoms with Gasteiger partial charge in [0.05, 0.1) is 26.5 Å². The van der Waals surface area contributed by atoms with Crippen LogP contribution in [0, 0.1) is 0 Å². The molecule has 3 aromatic rings. The predicted octanol–water partition coefficient (Wildman–Crippen LogP) is 3.79. The van der Waals surface area contributed by atoms with E-state index in [1.807, 2.05) is 0 Å². The lowest BCUT2D eigenvalue weighted by molar-refractivity contribution is -0.132. The predicted molar refractivity (Wildman–Crippen MR) is 119 cm³/mol. The maximum Gasteiger partial charge on any atom is 0.352 e. The SMILES string of the molecule is COc1ccc(NC(=O)c2cnn3c2NC(C(=O)O)=CC3c2ccc(Cl)cc2)cc1OC. The number of aromatic nitrogens is 2. The molecule has 32 heavy (non-hydrogen) atoms. The van der Waals surface area contributed by atoms with Crippen molar-refractivity contribution in [2.24, 2.45) is 0 Å². The molecule has 0 saturated heterocycles. The Balaban J connectivity index is 1.68. The average Bonchev–Trinajstić information content (AvgIpc) is 3.23. The number of carboxylic acids is 1. The van der Waals surface area contributed by atoms with Gasteiger partial charge in [-0.1, -0.05) is 23.7 Å². The largest absolute Gasteiger partial charge is 0.493 e. The number of fused-ring (bicyclic) bond motifs is 1. The number of rotatable bonds is 6. The van der Waals surface area contributed by atoms with Gasteiger partial charge in [-0.25, -0.2) is 9.48 Å². The van der Waals surface area contributed by atoms with Crippen LogP contribution in [0.15, 0.2) is 60.4 Å². The molecule has 10 heteroatoms. The number of carboxylic acid groups (broad SMARTS) is 1. The number of nitrogens with one attached hydrogen (secondary N) is 2. The Kier molecular flexibility index (Phi) is 5.74. The number of ether oxygens (including phenoxy) is 2. The summed E-state index contributed by atoms with van der Waals surface area (Å²) in [5, 5.41) is 20.0. The van der Waals surface area contributed by atoms with E-state index in [0.717, 1.165) is 5.56 Å². The van der Waals surface area contributed by atoms with Crippen molar-refractivity contribution >= 4 is 35.0 Å². The second-order valence-electron chi connectivity index (χ2n) is 6.88. The second kappa shape index (κ2) is 8.64. The number of hydrogen-bond donors (Lipinski definition) is 3. The highest BCUT2D eigenvalue weighted by molar-refractivity contribution is 6.30. The number of allylic oxidation sites excluding steroid dienone is 1. The molecule has 1 amide bonds. The molecule has 1 aliphatic rings. The number of carbonyl (C=O) groups is 2. The molecule has 1 atom stereocenters. The third-order valence-corrected chi connectivity index (χ3v) is 5.22. The van der Waals surface area contributed by atoms with Crippen molar-refractivity contribution in [1.29, 1.82) is 0 Å². The molecule has 0 spiro atoms. The van der Waals surface area contributed by atoms with Crippen LogP contribution in [0.4, 0.5) is 11.5 Å². The summed E-state index contributed by atoms with van der Waals surface area (Å²) < 4.78 is 12.0. The van der Waals surface area contributed by atoms with E-state index in [2.05, 4.69) is 15.7 Å². The summed E-state index contributed by atoms with van der Waals surface area (Å²) in [4.78, 5) is 24.7. The number of hydrogen-bond acceptors (Lipinski definition) is 6. The minimum absolute atomic E-state index is 0.0573. The van der Waals surface area contributed by atoms with Gasteiger partial charge in [0, 0.05) is 16.8 Å². The van der Waals surface area contributed by atoms with E-state index in [-0.39, 0.29) is 17.1 Å². The summed E-state index contributed by atoms with van der Waals surface area (Å²) in [7, 11) is 3.02. The summed E-state index contributed by atoms with van der Waals surface area (Å²) in [6.07, 6.45) is 2.92. The second-order valence-corrected chi connectivity index (χ2v) is 7.32. The van der Waals surface area contributed by atoms with Gasteiger partial charge in [-0.15, -0.1) is 0 Å². The highest BCUT2D eigenvalue weighted by Crippen LogP contribution is 2.34. The Bertz CT molecular complexity index is 1220. The molecule has 0 fully saturated rings. The number of aliphatic carboxylic acids is 1. The lowest BCUT2D eigenvalue weighted by atomic mass is 10.0. The molecule has 2 heterocycles. The molecule has 2 aromatic carbocycles. The van der Waals surface area contributed by atoms with Crippen LogP contribution < -0.4 is 20.1 Å². The first-order valence-electron chi connectivity index (χ1n) is 9.49. The number of methoxy groups -OCH3 is 2. The van der Waals surface area contributed by atoms with Crippen molar-refractivity contribution in [3.63, 3.8) is 0 Å². The zero-order valence-electron chi connectivity index (χ0n) is 17.1. The van der Waals surface area contributed by atoms with E-state index < -0.39 is 17.9 Å². The monoisotopic (exact) mass is 454 g/mol. The van der Waals surface area contributed by atoms with Crippen molar-refractivity contribution in [3.8, 4) is 11.5 Å². The molecule has 0 saturated carbocycles. The molecule has 3 N–H and O–H groups in total. The normalized spacial score (nSPS) is 14.6. The first-order valence-corrected chi connectivity index (χ1v) is 9.87. The molecule has 0 aliphatic carbocycles. The minimum Gasteiger partial charge on any atom is -0.493 e. The maximum absolute atomic E-state index is 13.0. The van der Waals surface area contributed by atoms with Gasteiger partial charge >= 0.3 is 5.97 Å². The van der Waals surface area contributed by atoms with E-state index in [9.17, 15) is 14.7 Å². The number of halogens is 1. The maximum atomic E-state index is 13.0. The topological polar surface area (TPSA) is 115 Å². The average molecular weight is 455 g/mol. The number of amides is 1. The van der Waals surface area contributed by atoms with Gasteiger partial charge in [0.25, 0.3) is 5.91 Å². The Morgan fingerprint density at radius 2 is 1.84 bits per heavy atom. The Morgan fingerprint density at radius 3 is 2.50 bits per heavy atom. The van der Waals surface area contributed by atoms with Gasteiger partial charge in [-0.3, -0.25) is 4.79 Å². The van der Waals surface area contributed by atoms with Gasteiger partial charge in [-0.2, -0.15) is 5.10 Å². The van der Waals surface area contributed by atoms with Crippen LogP contribution in [0.5, 0.6) is 11.5 Å². The lowest BCUT2D eigenvalue weighted by Gasteiger charge is -2.24. The van der Waals surface area contributed by atoms with E-state index in [1.165, 1.54) is 26.5 Å². The molecule has 1 aromatic heterocycles. The van der Waals surface area contributed by atoms with Crippen molar-refractivity contribution in [2.45, 2.75) is 6.04 Å². The Morgan fingerprint density at radius 1 is 1.12 bits per heavy atom. The van der Waals surface area contributed by atoms with E-state index in [4.69, 9.17) is 21.1 Å². The fraction of sp³-hybridized carbons (Fsp3) is 0.136. The van der Waals surface area contributed by atoms with Crippen LogP contribution in [0.1, 0.15) is 22.0 Å². The fourth-order valence-electron chi connectivity index (χ4n) is 3.40. The van der Waals surface area contributed by atoms with Crippen molar-refractivity contribution in [3.05, 3.63) is 76.6 Å². The summed E-state index contributed by atoms with van der Waals surface area (Å²) in [5.74, 6) is -0.366. The first kappa shape index (κ1) is 21.3. The molecule has 164 valence electrons. The van der Waals surface area contributed by atoms with Crippen molar-refractivity contribution in [1.82, 2.24) is 9.78 Å². The minimum atomic E-state index is -1.15. The molecule has 0 bridgehead atoms. The first-order chi connectivity index (χ1) is 15.4. The van der Waals surface area contributed by atoms with Crippen LogP contribution in [0.2, 0.25) is 5.02 Å². The van der Waals surface area contributed by atoms with E-state index in [0.29, 0.717) is 22.2 Å².